The average molecular weight is 565 g/mol. The highest BCUT2D eigenvalue weighted by Crippen LogP contribution is 2.30. The molecule has 0 spiro atoms. The number of hydrogen-bond acceptors (Lipinski definition) is 8. The Kier molecular flexibility index (Phi) is 8.06. The number of guanidine groups is 1. The van der Waals surface area contributed by atoms with Crippen molar-refractivity contribution in [2.24, 2.45) is 10.7 Å². The Morgan fingerprint density at radius 1 is 1.23 bits per heavy atom. The lowest BCUT2D eigenvalue weighted by Crippen LogP contribution is -2.48. The number of nitrogens with two attached hydrogens (primary N) is 1. The van der Waals surface area contributed by atoms with E-state index in [1.165, 1.54) is 30.5 Å². The number of nitrogens with zero attached hydrogens (tertiary/aromatic N) is 2. The molecule has 16 heteroatoms. The third-order valence-electron chi connectivity index (χ3n) is 5.92. The number of aliphatic carboxylic acids is 1. The Labute approximate surface area is 223 Å². The molecule has 1 aliphatic heterocycles. The van der Waals surface area contributed by atoms with Gasteiger partial charge in [-0.05, 0) is 29.8 Å². The summed E-state index contributed by atoms with van der Waals surface area (Å²) in [4.78, 5) is 41.4. The monoisotopic (exact) mass is 565 g/mol. The molecular formula is C24H23F4N7O5. The number of aromatic nitrogens is 2. The van der Waals surface area contributed by atoms with Gasteiger partial charge in [0.1, 0.15) is 18.0 Å². The summed E-state index contributed by atoms with van der Waals surface area (Å²) in [5.74, 6) is -5.10. The van der Waals surface area contributed by atoms with Gasteiger partial charge in [-0.1, -0.05) is 12.1 Å². The molecule has 12 nitrogen and oxygen atoms in total. The van der Waals surface area contributed by atoms with Crippen LogP contribution in [0.1, 0.15) is 28.3 Å². The first-order chi connectivity index (χ1) is 18.9. The number of carboxylic acids is 1. The number of benzene rings is 2. The normalized spacial score (nSPS) is 16.8. The number of carbonyl (C=O) groups excluding carboxylic acids is 2. The second-order valence-electron chi connectivity index (χ2n) is 8.83. The van der Waals surface area contributed by atoms with Crippen LogP contribution in [0.3, 0.4) is 0 Å². The number of ether oxygens (including phenoxy) is 1. The first-order valence-corrected chi connectivity index (χ1v) is 11.7. The Morgan fingerprint density at radius 2 is 2.00 bits per heavy atom. The minimum atomic E-state index is -5.01. The number of aliphatic imine (C=N–C) groups is 1. The zero-order valence-corrected chi connectivity index (χ0v) is 20.5. The van der Waals surface area contributed by atoms with Crippen LogP contribution in [0.15, 0.2) is 47.6 Å². The molecule has 3 aromatic rings. The van der Waals surface area contributed by atoms with Gasteiger partial charge in [-0.25, -0.2) is 9.38 Å². The van der Waals surface area contributed by atoms with Gasteiger partial charge in [0, 0.05) is 16.9 Å². The number of amides is 2. The van der Waals surface area contributed by atoms with Crippen molar-refractivity contribution in [1.29, 1.82) is 0 Å². The van der Waals surface area contributed by atoms with Crippen LogP contribution in [0.5, 0.6) is 5.75 Å². The van der Waals surface area contributed by atoms with E-state index < -0.39 is 54.4 Å². The Morgan fingerprint density at radius 3 is 2.65 bits per heavy atom. The van der Waals surface area contributed by atoms with E-state index in [9.17, 15) is 37.1 Å². The number of H-pyrrole nitrogens is 1. The van der Waals surface area contributed by atoms with Crippen molar-refractivity contribution in [3.63, 3.8) is 0 Å². The van der Waals surface area contributed by atoms with Crippen LogP contribution in [-0.2, 0) is 9.59 Å². The molecule has 2 heterocycles. The Balaban J connectivity index is 1.64. The van der Waals surface area contributed by atoms with Gasteiger partial charge in [-0.15, -0.1) is 13.2 Å². The number of halogens is 4. The van der Waals surface area contributed by atoms with E-state index in [0.717, 1.165) is 12.1 Å². The van der Waals surface area contributed by atoms with Gasteiger partial charge < -0.3 is 31.5 Å². The molecule has 212 valence electrons. The largest absolute Gasteiger partial charge is 0.573 e. The smallest absolute Gasteiger partial charge is 0.481 e. The molecule has 1 aliphatic rings. The van der Waals surface area contributed by atoms with Crippen molar-refractivity contribution in [3.8, 4) is 5.75 Å². The number of carbonyl (C=O) groups is 3. The molecule has 0 radical (unpaired) electrons. The van der Waals surface area contributed by atoms with Crippen LogP contribution in [0.2, 0.25) is 0 Å². The van der Waals surface area contributed by atoms with Crippen molar-refractivity contribution in [2.75, 3.05) is 18.4 Å². The number of aromatic amines is 1. The lowest BCUT2D eigenvalue weighted by Gasteiger charge is -2.25. The first-order valence-electron chi connectivity index (χ1n) is 11.7. The van der Waals surface area contributed by atoms with E-state index in [1.807, 2.05) is 0 Å². The fourth-order valence-corrected chi connectivity index (χ4v) is 4.17. The molecule has 2 aromatic carbocycles. The van der Waals surface area contributed by atoms with Gasteiger partial charge in [0.15, 0.2) is 5.96 Å². The number of primary amides is 1. The molecule has 0 saturated carbocycles. The molecular weight excluding hydrogens is 542 g/mol. The standard InChI is InChI=1S/C24H23F4N7O5/c25-13-8-30-23(31-9-13)33-17-5-12(6-18-16(17)10-32-35-18)22(39)34-20(21(29)38)15(7-19(36)37)11-2-1-3-14(4-11)40-24(26,27)28/h1-6,10,13,15,20H,7-9H2,(H2,29,38)(H,32,35)(H,34,39)(H,36,37)(H2,30,31,33)/t15-,20?/m0/s1. The molecule has 3 atom stereocenters. The summed E-state index contributed by atoms with van der Waals surface area (Å²) < 4.78 is 55.5. The number of alkyl halides is 4. The minimum Gasteiger partial charge on any atom is -0.481 e. The summed E-state index contributed by atoms with van der Waals surface area (Å²) in [6.45, 7) is -0.0362. The van der Waals surface area contributed by atoms with E-state index >= 15 is 0 Å². The van der Waals surface area contributed by atoms with Crippen LogP contribution in [0.4, 0.5) is 23.2 Å². The minimum absolute atomic E-state index is 0.00601. The van der Waals surface area contributed by atoms with Crippen molar-refractivity contribution in [2.45, 2.75) is 30.9 Å². The van der Waals surface area contributed by atoms with Crippen LogP contribution in [-0.4, -0.2) is 70.7 Å². The fourth-order valence-electron chi connectivity index (χ4n) is 4.17. The van der Waals surface area contributed by atoms with Gasteiger partial charge >= 0.3 is 12.3 Å². The highest BCUT2D eigenvalue weighted by molar-refractivity contribution is 6.07. The van der Waals surface area contributed by atoms with Crippen molar-refractivity contribution in [1.82, 2.24) is 20.8 Å². The highest BCUT2D eigenvalue weighted by Gasteiger charge is 2.34. The number of nitrogens with one attached hydrogen (secondary N) is 4. The van der Waals surface area contributed by atoms with E-state index in [0.29, 0.717) is 16.6 Å². The van der Waals surface area contributed by atoms with Crippen molar-refractivity contribution in [3.05, 3.63) is 53.7 Å². The fraction of sp³-hybridized carbons (Fsp3) is 0.292. The summed E-state index contributed by atoms with van der Waals surface area (Å²) >= 11 is 0. The molecule has 40 heavy (non-hydrogen) atoms. The molecule has 7 N–H and O–H groups in total. The highest BCUT2D eigenvalue weighted by atomic mass is 19.4. The number of anilines is 1. The van der Waals surface area contributed by atoms with E-state index in [-0.39, 0.29) is 30.2 Å². The van der Waals surface area contributed by atoms with Crippen LogP contribution in [0, 0.1) is 0 Å². The maximum absolute atomic E-state index is 13.4. The maximum atomic E-state index is 13.4. The zero-order valence-electron chi connectivity index (χ0n) is 20.5. The number of carboxylic acid groups (broad SMARTS) is 1. The number of fused-ring (bicyclic) bond motifs is 1. The average Bonchev–Trinajstić information content (AvgIpc) is 3.35. The van der Waals surface area contributed by atoms with Crippen molar-refractivity contribution < 1.29 is 41.8 Å². The number of hydrogen-bond donors (Lipinski definition) is 6. The summed E-state index contributed by atoms with van der Waals surface area (Å²) in [6.07, 6.45) is -5.44. The molecule has 0 bridgehead atoms. The molecule has 2 amide bonds. The van der Waals surface area contributed by atoms with E-state index in [4.69, 9.17) is 5.73 Å². The molecule has 0 aliphatic carbocycles. The summed E-state index contributed by atoms with van der Waals surface area (Å²) in [6, 6.07) is 5.57. The predicted octanol–water partition coefficient (Wildman–Crippen LogP) is 2.01. The zero-order chi connectivity index (χ0) is 29.0. The second kappa shape index (κ2) is 11.5. The Bertz CT molecular complexity index is 1460. The van der Waals surface area contributed by atoms with E-state index in [1.54, 1.807) is 0 Å². The van der Waals surface area contributed by atoms with E-state index in [2.05, 4.69) is 35.9 Å². The van der Waals surface area contributed by atoms with Crippen LogP contribution < -0.4 is 26.4 Å². The predicted molar refractivity (Wildman–Crippen MR) is 133 cm³/mol. The third-order valence-corrected chi connectivity index (χ3v) is 5.92. The van der Waals surface area contributed by atoms with Gasteiger partial charge in [-0.3, -0.25) is 19.5 Å². The summed E-state index contributed by atoms with van der Waals surface area (Å²) in [7, 11) is 0. The maximum Gasteiger partial charge on any atom is 0.573 e. The quantitative estimate of drug-likeness (QED) is 0.213. The van der Waals surface area contributed by atoms with Gasteiger partial charge in [0.05, 0.1) is 36.9 Å². The molecule has 0 fully saturated rings. The summed E-state index contributed by atoms with van der Waals surface area (Å²) in [5.41, 5.74) is 6.24. The van der Waals surface area contributed by atoms with Gasteiger partial charge in [0.2, 0.25) is 5.91 Å². The van der Waals surface area contributed by atoms with Crippen molar-refractivity contribution >= 4 is 40.3 Å². The molecule has 2 unspecified atom stereocenters. The molecule has 0 saturated heterocycles. The van der Waals surface area contributed by atoms with Crippen LogP contribution >= 0.6 is 0 Å². The second-order valence-corrected chi connectivity index (χ2v) is 8.83. The third kappa shape index (κ3) is 6.95. The first kappa shape index (κ1) is 28.1. The lowest BCUT2D eigenvalue weighted by molar-refractivity contribution is -0.274. The molecule has 4 rings (SSSR count). The van der Waals surface area contributed by atoms with Gasteiger partial charge in [-0.2, -0.15) is 5.10 Å². The topological polar surface area (TPSA) is 184 Å². The lowest BCUT2D eigenvalue weighted by atomic mass is 9.87. The number of rotatable bonds is 9. The van der Waals surface area contributed by atoms with Crippen LogP contribution in [0.25, 0.3) is 10.9 Å². The van der Waals surface area contributed by atoms with Gasteiger partial charge in [0.25, 0.3) is 5.91 Å². The SMILES string of the molecule is NC(=O)C(NC(=O)c1cc(NC2=NCC(F)CN2)c2cn[nH]c2c1)[C@@H](CC(=O)O)c1cccc(OC(F)(F)F)c1. The Hall–Kier alpha value is -4.89. The summed E-state index contributed by atoms with van der Waals surface area (Å²) in [5, 5.41) is 24.8. The molecule has 1 aromatic heterocycles.